The van der Waals surface area contributed by atoms with Gasteiger partial charge in [0.05, 0.1) is 12.3 Å². The summed E-state index contributed by atoms with van der Waals surface area (Å²) in [5.41, 5.74) is 2.56. The molecule has 4 rings (SSSR count). The Hall–Kier alpha value is -2.22. The van der Waals surface area contributed by atoms with Crippen LogP contribution in [0, 0.1) is 34.5 Å². The van der Waals surface area contributed by atoms with Gasteiger partial charge < -0.3 is 15.0 Å². The van der Waals surface area contributed by atoms with Crippen LogP contribution in [0.15, 0.2) is 16.8 Å². The van der Waals surface area contributed by atoms with Gasteiger partial charge in [0.15, 0.2) is 5.78 Å². The number of carbonyl (C=O) groups is 3. The highest BCUT2D eigenvalue weighted by Gasteiger charge is 2.59. The van der Waals surface area contributed by atoms with E-state index in [0.29, 0.717) is 55.4 Å². The molecular weight excluding hydrogens is 494 g/mol. The summed E-state index contributed by atoms with van der Waals surface area (Å²) in [6.45, 7) is 14.9. The first kappa shape index (κ1) is 29.8. The van der Waals surface area contributed by atoms with E-state index in [2.05, 4.69) is 45.1 Å². The summed E-state index contributed by atoms with van der Waals surface area (Å²) in [4.78, 5) is 42.7. The third kappa shape index (κ3) is 6.26. The van der Waals surface area contributed by atoms with Crippen LogP contribution in [0.25, 0.3) is 0 Å². The minimum absolute atomic E-state index is 0.0703. The monoisotopic (exact) mass is 543 g/mol. The van der Waals surface area contributed by atoms with Crippen molar-refractivity contribution in [3.05, 3.63) is 11.6 Å². The van der Waals surface area contributed by atoms with E-state index in [1.165, 1.54) is 29.7 Å². The molecule has 4 aliphatic rings. The van der Waals surface area contributed by atoms with Crippen molar-refractivity contribution in [2.75, 3.05) is 26.2 Å². The fraction of sp³-hybridized carbons (Fsp3) is 0.806. The lowest BCUT2D eigenvalue weighted by atomic mass is 9.46. The van der Waals surface area contributed by atoms with Crippen LogP contribution in [0.3, 0.4) is 0 Å². The van der Waals surface area contributed by atoms with Crippen LogP contribution in [0.2, 0.25) is 0 Å². The summed E-state index contributed by atoms with van der Waals surface area (Å²) in [7, 11) is 0. The van der Waals surface area contributed by atoms with Crippen molar-refractivity contribution in [1.82, 2.24) is 10.2 Å². The number of carbonyl (C=O) groups excluding carboxylic acids is 3. The average Bonchev–Trinajstić information content (AvgIpc) is 3.23. The van der Waals surface area contributed by atoms with Crippen molar-refractivity contribution >= 4 is 24.1 Å². The van der Waals surface area contributed by atoms with Crippen LogP contribution in [-0.2, 0) is 19.2 Å². The van der Waals surface area contributed by atoms with E-state index < -0.39 is 6.09 Å². The summed E-state index contributed by atoms with van der Waals surface area (Å²) in [6, 6.07) is 0. The molecule has 3 fully saturated rings. The molecule has 1 amide bonds. The third-order valence-electron chi connectivity index (χ3n) is 10.6. The summed E-state index contributed by atoms with van der Waals surface area (Å²) < 4.78 is 4.82. The summed E-state index contributed by atoms with van der Waals surface area (Å²) in [5, 5.41) is 7.76. The Bertz CT molecular complexity index is 1000. The summed E-state index contributed by atoms with van der Waals surface area (Å²) >= 11 is 0. The van der Waals surface area contributed by atoms with E-state index in [4.69, 9.17) is 9.57 Å². The second-order valence-corrected chi connectivity index (χ2v) is 13.9. The Kier molecular flexibility index (Phi) is 8.94. The number of fused-ring (bicyclic) bond motifs is 5. The summed E-state index contributed by atoms with van der Waals surface area (Å²) in [6.07, 6.45) is 9.97. The Morgan fingerprint density at radius 3 is 2.62 bits per heavy atom. The minimum Gasteiger partial charge on any atom is -0.466 e. The lowest BCUT2D eigenvalue weighted by Crippen LogP contribution is -2.51. The first-order chi connectivity index (χ1) is 18.4. The Balaban J connectivity index is 1.41. The second-order valence-electron chi connectivity index (χ2n) is 13.9. The van der Waals surface area contributed by atoms with Crippen molar-refractivity contribution in [2.24, 2.45) is 39.7 Å². The molecule has 0 heterocycles. The first-order valence-electron chi connectivity index (χ1n) is 14.9. The normalized spacial score (nSPS) is 34.4. The van der Waals surface area contributed by atoms with Gasteiger partial charge in [0.2, 0.25) is 0 Å². The van der Waals surface area contributed by atoms with Gasteiger partial charge in [0, 0.05) is 31.0 Å². The lowest BCUT2D eigenvalue weighted by Gasteiger charge is -2.58. The van der Waals surface area contributed by atoms with E-state index >= 15 is 0 Å². The zero-order chi connectivity index (χ0) is 28.4. The number of nitrogens with zero attached hydrogens (tertiary/aromatic N) is 2. The second kappa shape index (κ2) is 11.7. The van der Waals surface area contributed by atoms with Gasteiger partial charge in [-0.2, -0.15) is 0 Å². The maximum atomic E-state index is 13.0. The highest BCUT2D eigenvalue weighted by atomic mass is 16.7. The molecule has 0 aliphatic heterocycles. The van der Waals surface area contributed by atoms with Crippen LogP contribution in [0.4, 0.5) is 4.79 Å². The van der Waals surface area contributed by atoms with Crippen molar-refractivity contribution in [1.29, 1.82) is 0 Å². The number of oxime groups is 1. The number of allylic oxidation sites excluding steroid dienone is 1. The van der Waals surface area contributed by atoms with E-state index in [-0.39, 0.29) is 29.5 Å². The van der Waals surface area contributed by atoms with Gasteiger partial charge in [-0.3, -0.25) is 14.4 Å². The molecule has 0 aromatic carbocycles. The molecule has 0 unspecified atom stereocenters. The summed E-state index contributed by atoms with van der Waals surface area (Å²) in [5.74, 6) is 2.58. The molecular formula is C31H49N3O5. The Morgan fingerprint density at radius 1 is 1.13 bits per heavy atom. The number of hydrogen-bond donors (Lipinski definition) is 1. The van der Waals surface area contributed by atoms with Gasteiger partial charge in [-0.15, -0.1) is 0 Å². The van der Waals surface area contributed by atoms with Gasteiger partial charge in [-0.05, 0) is 107 Å². The van der Waals surface area contributed by atoms with Crippen LogP contribution < -0.4 is 5.32 Å². The Morgan fingerprint density at radius 2 is 1.90 bits per heavy atom. The van der Waals surface area contributed by atoms with Crippen molar-refractivity contribution in [2.45, 2.75) is 98.4 Å². The fourth-order valence-corrected chi connectivity index (χ4v) is 8.55. The minimum atomic E-state index is -0.519. The van der Waals surface area contributed by atoms with Gasteiger partial charge in [-0.1, -0.05) is 24.6 Å². The molecule has 218 valence electrons. The number of hydrogen-bond acceptors (Lipinski definition) is 7. The highest BCUT2D eigenvalue weighted by Crippen LogP contribution is 2.66. The molecule has 1 N–H and O–H groups in total. The molecule has 0 spiro atoms. The SMILES string of the molecule is C/C(=N\OC(=O)N(CCNC(C)(C)C)CCOC=O)[C@H]1CC[C@H]2[C@@H]3CCC4=CC(=O)CC[C@]4(C)[C@H]3CC[C@]12C. The molecule has 0 aromatic heterocycles. The van der Waals surface area contributed by atoms with Crippen LogP contribution >= 0.6 is 0 Å². The quantitative estimate of drug-likeness (QED) is 0.135. The van der Waals surface area contributed by atoms with Crippen LogP contribution in [-0.4, -0.2) is 60.7 Å². The zero-order valence-corrected chi connectivity index (χ0v) is 24.9. The average molecular weight is 544 g/mol. The molecule has 4 aliphatic carbocycles. The van der Waals surface area contributed by atoms with Crippen LogP contribution in [0.1, 0.15) is 92.9 Å². The molecule has 8 heteroatoms. The molecule has 0 bridgehead atoms. The number of ketones is 1. The zero-order valence-electron chi connectivity index (χ0n) is 24.9. The van der Waals surface area contributed by atoms with Gasteiger partial charge in [0.25, 0.3) is 6.47 Å². The van der Waals surface area contributed by atoms with Crippen molar-refractivity contribution < 1.29 is 24.0 Å². The topological polar surface area (TPSA) is 97.3 Å². The molecule has 8 nitrogen and oxygen atoms in total. The maximum Gasteiger partial charge on any atom is 0.436 e. The molecule has 39 heavy (non-hydrogen) atoms. The van der Waals surface area contributed by atoms with E-state index in [1.807, 2.05) is 13.0 Å². The van der Waals surface area contributed by atoms with Gasteiger partial charge in [0.1, 0.15) is 6.61 Å². The largest absolute Gasteiger partial charge is 0.466 e. The number of ether oxygens (including phenoxy) is 1. The number of amides is 1. The van der Waals surface area contributed by atoms with Crippen molar-refractivity contribution in [3.63, 3.8) is 0 Å². The number of rotatable bonds is 9. The predicted molar refractivity (Wildman–Crippen MR) is 151 cm³/mol. The molecule has 6 atom stereocenters. The van der Waals surface area contributed by atoms with Gasteiger partial charge >= 0.3 is 6.09 Å². The third-order valence-corrected chi connectivity index (χ3v) is 10.6. The Labute approximate surface area is 234 Å². The van der Waals surface area contributed by atoms with Gasteiger partial charge in [-0.25, -0.2) is 4.79 Å². The van der Waals surface area contributed by atoms with E-state index in [1.54, 1.807) is 0 Å². The van der Waals surface area contributed by atoms with E-state index in [9.17, 15) is 14.4 Å². The smallest absolute Gasteiger partial charge is 0.436 e. The molecule has 0 saturated heterocycles. The molecule has 0 radical (unpaired) electrons. The number of nitrogens with one attached hydrogen (secondary N) is 1. The predicted octanol–water partition coefficient (Wildman–Crippen LogP) is 5.51. The van der Waals surface area contributed by atoms with Crippen molar-refractivity contribution in [3.8, 4) is 0 Å². The van der Waals surface area contributed by atoms with Crippen LogP contribution in [0.5, 0.6) is 0 Å². The molecule has 3 saturated carbocycles. The molecule has 0 aromatic rings. The highest BCUT2D eigenvalue weighted by molar-refractivity contribution is 5.91. The lowest BCUT2D eigenvalue weighted by molar-refractivity contribution is -0.129. The first-order valence-corrected chi connectivity index (χ1v) is 14.9. The maximum absolute atomic E-state index is 13.0. The van der Waals surface area contributed by atoms with E-state index in [0.717, 1.165) is 31.4 Å². The standard InChI is InChI=1S/C31H49N3O5/c1-21(33-39-28(37)34(17-18-38-20-35)16-15-32-29(2,3)4)25-9-10-26-24-8-7-22-19-23(36)11-13-30(22,5)27(24)12-14-31(25,26)6/h19-20,24-27,32H,7-18H2,1-6H3/b33-21+/t24-,25+,26-,27-,30-,31+/m0/s1. The fourth-order valence-electron chi connectivity index (χ4n) is 8.55.